The average Bonchev–Trinajstić information content (AvgIpc) is 2.49. The molecule has 2 atom stereocenters. The van der Waals surface area contributed by atoms with Gasteiger partial charge in [-0.1, -0.05) is 60.7 Å². The predicted molar refractivity (Wildman–Crippen MR) is 79.3 cm³/mol. The Morgan fingerprint density at radius 2 is 1.21 bits per heavy atom. The molecule has 0 aromatic heterocycles. The molecular formula is C16H17NOS. The van der Waals surface area contributed by atoms with Crippen molar-refractivity contribution in [3.8, 4) is 0 Å². The van der Waals surface area contributed by atoms with Gasteiger partial charge in [0.25, 0.3) is 0 Å². The molecule has 0 spiro atoms. The molecule has 1 fully saturated rings. The molecule has 2 aromatic carbocycles. The molecule has 0 unspecified atom stereocenters. The summed E-state index contributed by atoms with van der Waals surface area (Å²) in [4.78, 5) is 0. The Morgan fingerprint density at radius 1 is 0.789 bits per heavy atom. The van der Waals surface area contributed by atoms with Crippen LogP contribution in [0.2, 0.25) is 0 Å². The summed E-state index contributed by atoms with van der Waals surface area (Å²) < 4.78 is 0. The first kappa shape index (κ1) is 12.7. The van der Waals surface area contributed by atoms with Crippen LogP contribution in [-0.4, -0.2) is 21.8 Å². The maximum atomic E-state index is 10.6. The minimum Gasteiger partial charge on any atom is -0.313 e. The zero-order valence-corrected chi connectivity index (χ0v) is 11.5. The van der Waals surface area contributed by atoms with Gasteiger partial charge in [0.2, 0.25) is 0 Å². The lowest BCUT2D eigenvalue weighted by molar-refractivity contribution is -0.155. The van der Waals surface area contributed by atoms with Gasteiger partial charge in [-0.25, -0.2) is 0 Å². The summed E-state index contributed by atoms with van der Waals surface area (Å²) in [5, 5.41) is 12.1. The van der Waals surface area contributed by atoms with Crippen LogP contribution in [0.4, 0.5) is 0 Å². The van der Waals surface area contributed by atoms with Gasteiger partial charge in [-0.05, 0) is 11.1 Å². The van der Waals surface area contributed by atoms with E-state index in [0.29, 0.717) is 0 Å². The van der Waals surface area contributed by atoms with E-state index in [1.165, 1.54) is 16.2 Å². The predicted octanol–water partition coefficient (Wildman–Crippen LogP) is 3.91. The molecule has 1 N–H and O–H groups in total. The van der Waals surface area contributed by atoms with Crippen molar-refractivity contribution < 1.29 is 5.21 Å². The van der Waals surface area contributed by atoms with E-state index in [1.54, 1.807) is 0 Å². The van der Waals surface area contributed by atoms with Crippen LogP contribution in [0.5, 0.6) is 0 Å². The van der Waals surface area contributed by atoms with Gasteiger partial charge in [-0.15, -0.1) is 0 Å². The maximum Gasteiger partial charge on any atom is 0.0697 e. The largest absolute Gasteiger partial charge is 0.313 e. The van der Waals surface area contributed by atoms with Gasteiger partial charge < -0.3 is 5.21 Å². The Balaban J connectivity index is 1.86. The van der Waals surface area contributed by atoms with Crippen molar-refractivity contribution in [2.45, 2.75) is 12.1 Å². The van der Waals surface area contributed by atoms with Gasteiger partial charge in [0.05, 0.1) is 12.1 Å². The van der Waals surface area contributed by atoms with Crippen LogP contribution in [0.15, 0.2) is 60.7 Å². The fourth-order valence-electron chi connectivity index (χ4n) is 2.51. The molecule has 2 nitrogen and oxygen atoms in total. The van der Waals surface area contributed by atoms with Gasteiger partial charge in [0.15, 0.2) is 0 Å². The lowest BCUT2D eigenvalue weighted by Gasteiger charge is -2.37. The normalized spacial score (nSPS) is 24.3. The van der Waals surface area contributed by atoms with Crippen molar-refractivity contribution in [3.05, 3.63) is 71.8 Å². The molecule has 3 heteroatoms. The third kappa shape index (κ3) is 2.68. The van der Waals surface area contributed by atoms with E-state index in [9.17, 15) is 5.21 Å². The number of hydroxylamine groups is 2. The summed E-state index contributed by atoms with van der Waals surface area (Å²) in [7, 11) is 0. The summed E-state index contributed by atoms with van der Waals surface area (Å²) in [5.74, 6) is 1.87. The molecular weight excluding hydrogens is 254 g/mol. The second-order valence-corrected chi connectivity index (χ2v) is 5.85. The first-order chi connectivity index (χ1) is 9.36. The lowest BCUT2D eigenvalue weighted by atomic mass is 10.0. The van der Waals surface area contributed by atoms with Gasteiger partial charge in [-0.3, -0.25) is 0 Å². The summed E-state index contributed by atoms with van der Waals surface area (Å²) in [6.07, 6.45) is 0. The highest BCUT2D eigenvalue weighted by atomic mass is 32.2. The van der Waals surface area contributed by atoms with E-state index in [1.807, 2.05) is 48.2 Å². The second-order valence-electron chi connectivity index (χ2n) is 4.77. The summed E-state index contributed by atoms with van der Waals surface area (Å²) in [5.41, 5.74) is 2.36. The number of nitrogens with zero attached hydrogens (tertiary/aromatic N) is 1. The standard InChI is InChI=1S/C16H17NOS/c18-17-15(13-7-3-1-4-8-13)11-19-12-16(17)14-9-5-2-6-10-14/h1-10,15-16,18H,11-12H2/t15-,16+. The number of thioether (sulfide) groups is 1. The molecule has 0 aliphatic carbocycles. The Labute approximate surface area is 118 Å². The first-order valence-corrected chi connectivity index (χ1v) is 7.66. The van der Waals surface area contributed by atoms with Crippen molar-refractivity contribution in [2.24, 2.45) is 0 Å². The van der Waals surface area contributed by atoms with Crippen molar-refractivity contribution in [3.63, 3.8) is 0 Å². The summed E-state index contributed by atoms with van der Waals surface area (Å²) in [6, 6.07) is 20.6. The SMILES string of the molecule is ON1[C@@H](c2ccccc2)CSC[C@H]1c1ccccc1. The molecule has 19 heavy (non-hydrogen) atoms. The van der Waals surface area contributed by atoms with Crippen molar-refractivity contribution in [1.29, 1.82) is 0 Å². The molecule has 1 aliphatic heterocycles. The van der Waals surface area contributed by atoms with E-state index < -0.39 is 0 Å². The van der Waals surface area contributed by atoms with Crippen LogP contribution in [0, 0.1) is 0 Å². The molecule has 1 saturated heterocycles. The molecule has 1 heterocycles. The quantitative estimate of drug-likeness (QED) is 0.896. The molecule has 0 radical (unpaired) electrons. The van der Waals surface area contributed by atoms with Crippen LogP contribution < -0.4 is 0 Å². The fourth-order valence-corrected chi connectivity index (χ4v) is 3.78. The molecule has 3 rings (SSSR count). The van der Waals surface area contributed by atoms with E-state index >= 15 is 0 Å². The van der Waals surface area contributed by atoms with Crippen LogP contribution in [-0.2, 0) is 0 Å². The molecule has 0 amide bonds. The number of hydrogen-bond acceptors (Lipinski definition) is 3. The smallest absolute Gasteiger partial charge is 0.0697 e. The Hall–Kier alpha value is -1.29. The highest BCUT2D eigenvalue weighted by molar-refractivity contribution is 7.99. The Kier molecular flexibility index (Phi) is 3.87. The van der Waals surface area contributed by atoms with Gasteiger partial charge >= 0.3 is 0 Å². The Bertz CT molecular complexity index is 469. The third-order valence-corrected chi connectivity index (χ3v) is 4.66. The van der Waals surface area contributed by atoms with Crippen molar-refractivity contribution >= 4 is 11.8 Å². The summed E-state index contributed by atoms with van der Waals surface area (Å²) in [6.45, 7) is 0. The van der Waals surface area contributed by atoms with Crippen molar-refractivity contribution in [2.75, 3.05) is 11.5 Å². The molecule has 2 aromatic rings. The minimum absolute atomic E-state index is 0.0742. The third-order valence-electron chi connectivity index (χ3n) is 3.56. The lowest BCUT2D eigenvalue weighted by Crippen LogP contribution is -2.36. The van der Waals surface area contributed by atoms with E-state index in [4.69, 9.17) is 0 Å². The summed E-state index contributed by atoms with van der Waals surface area (Å²) >= 11 is 1.90. The van der Waals surface area contributed by atoms with E-state index in [-0.39, 0.29) is 12.1 Å². The minimum atomic E-state index is 0.0742. The van der Waals surface area contributed by atoms with Gasteiger partial charge in [-0.2, -0.15) is 16.8 Å². The fraction of sp³-hybridized carbons (Fsp3) is 0.250. The molecule has 1 aliphatic rings. The highest BCUT2D eigenvalue weighted by Crippen LogP contribution is 2.38. The van der Waals surface area contributed by atoms with Crippen LogP contribution in [0.25, 0.3) is 0 Å². The second kappa shape index (κ2) is 5.78. The van der Waals surface area contributed by atoms with Crippen molar-refractivity contribution in [1.82, 2.24) is 5.06 Å². The van der Waals surface area contributed by atoms with Crippen LogP contribution >= 0.6 is 11.8 Å². The van der Waals surface area contributed by atoms with Gasteiger partial charge in [0, 0.05) is 11.5 Å². The Morgan fingerprint density at radius 3 is 1.63 bits per heavy atom. The monoisotopic (exact) mass is 271 g/mol. The first-order valence-electron chi connectivity index (χ1n) is 6.51. The molecule has 0 bridgehead atoms. The zero-order valence-electron chi connectivity index (χ0n) is 10.6. The number of hydrogen-bond donors (Lipinski definition) is 1. The highest BCUT2D eigenvalue weighted by Gasteiger charge is 2.31. The zero-order chi connectivity index (χ0) is 13.1. The van der Waals surface area contributed by atoms with E-state index in [2.05, 4.69) is 24.3 Å². The topological polar surface area (TPSA) is 23.5 Å². The molecule has 0 saturated carbocycles. The number of rotatable bonds is 2. The average molecular weight is 271 g/mol. The maximum absolute atomic E-state index is 10.6. The van der Waals surface area contributed by atoms with Crippen LogP contribution in [0.3, 0.4) is 0 Å². The molecule has 98 valence electrons. The number of benzene rings is 2. The van der Waals surface area contributed by atoms with Crippen LogP contribution in [0.1, 0.15) is 23.2 Å². The van der Waals surface area contributed by atoms with Gasteiger partial charge in [0.1, 0.15) is 0 Å². The van der Waals surface area contributed by atoms with E-state index in [0.717, 1.165) is 11.5 Å².